The Morgan fingerprint density at radius 3 is 2.22 bits per heavy atom. The molecule has 5 saturated carbocycles. The Morgan fingerprint density at radius 1 is 0.722 bits per heavy atom. The maximum absolute atomic E-state index is 4.76. The fourth-order valence-electron chi connectivity index (χ4n) is 11.0. The van der Waals surface area contributed by atoms with Gasteiger partial charge in [-0.1, -0.05) is 110 Å². The zero-order valence-electron chi connectivity index (χ0n) is 24.7. The molecule has 5 aliphatic carbocycles. The molecule has 5 aliphatic rings. The zero-order valence-corrected chi connectivity index (χ0v) is 24.7. The van der Waals surface area contributed by atoms with Gasteiger partial charge in [0.15, 0.2) is 0 Å². The van der Waals surface area contributed by atoms with Gasteiger partial charge in [-0.15, -0.1) is 0 Å². The normalized spacial score (nSPS) is 42.5. The van der Waals surface area contributed by atoms with E-state index in [2.05, 4.69) is 20.8 Å². The van der Waals surface area contributed by atoms with E-state index < -0.39 is 0 Å². The molecule has 0 heteroatoms. The van der Waals surface area contributed by atoms with Gasteiger partial charge in [0.1, 0.15) is 0 Å². The first kappa shape index (κ1) is 27.3. The van der Waals surface area contributed by atoms with Crippen LogP contribution >= 0.6 is 0 Å². The van der Waals surface area contributed by atoms with Crippen LogP contribution in [0.15, 0.2) is 12.2 Å². The van der Waals surface area contributed by atoms with Gasteiger partial charge in [-0.25, -0.2) is 0 Å². The summed E-state index contributed by atoms with van der Waals surface area (Å²) in [4.78, 5) is 0. The smallest absolute Gasteiger partial charge is 0.0154 e. The zero-order chi connectivity index (χ0) is 25.1. The van der Waals surface area contributed by atoms with Gasteiger partial charge in [0.2, 0.25) is 0 Å². The van der Waals surface area contributed by atoms with Gasteiger partial charge in [0.25, 0.3) is 0 Å². The van der Waals surface area contributed by atoms with Gasteiger partial charge in [0, 0.05) is 0 Å². The molecule has 206 valence electrons. The molecule has 0 bridgehead atoms. The third-order valence-corrected chi connectivity index (χ3v) is 13.1. The van der Waals surface area contributed by atoms with Gasteiger partial charge < -0.3 is 0 Å². The second-order valence-corrected chi connectivity index (χ2v) is 15.4. The predicted octanol–water partition coefficient (Wildman–Crippen LogP) is 11.3. The Kier molecular flexibility index (Phi) is 9.66. The van der Waals surface area contributed by atoms with Gasteiger partial charge >= 0.3 is 0 Å². The lowest BCUT2D eigenvalue weighted by molar-refractivity contribution is 0.156. The van der Waals surface area contributed by atoms with E-state index in [1.807, 2.05) is 0 Å². The molecule has 0 N–H and O–H groups in total. The van der Waals surface area contributed by atoms with Crippen molar-refractivity contribution in [3.63, 3.8) is 0 Å². The molecular weight excluding hydrogens is 432 g/mol. The topological polar surface area (TPSA) is 0 Å². The fraction of sp³-hybridized carbons (Fsp3) is 0.944. The van der Waals surface area contributed by atoms with E-state index in [9.17, 15) is 0 Å². The van der Waals surface area contributed by atoms with E-state index in [0.717, 1.165) is 65.1 Å². The molecule has 0 radical (unpaired) electrons. The van der Waals surface area contributed by atoms with E-state index in [1.165, 1.54) is 89.9 Å². The van der Waals surface area contributed by atoms with Crippen molar-refractivity contribution >= 4 is 0 Å². The quantitative estimate of drug-likeness (QED) is 0.209. The molecule has 9 unspecified atom stereocenters. The number of fused-ring (bicyclic) bond motifs is 1. The molecule has 9 atom stereocenters. The highest BCUT2D eigenvalue weighted by molar-refractivity contribution is 5.08. The lowest BCUT2D eigenvalue weighted by Gasteiger charge is -2.38. The van der Waals surface area contributed by atoms with E-state index in [0.29, 0.717) is 0 Å². The van der Waals surface area contributed by atoms with Crippen molar-refractivity contribution in [2.75, 3.05) is 0 Å². The van der Waals surface area contributed by atoms with Crippen LogP contribution < -0.4 is 0 Å². The molecule has 0 spiro atoms. The number of rotatable bonds is 10. The summed E-state index contributed by atoms with van der Waals surface area (Å²) in [6, 6.07) is 0. The molecule has 5 rings (SSSR count). The first-order valence-corrected chi connectivity index (χ1v) is 17.2. The summed E-state index contributed by atoms with van der Waals surface area (Å²) in [5, 5.41) is 0. The standard InChI is InChI=1S/C36H62/c1-25(11-5-6-14-29-15-7-8-16-29)30-19-20-31-23-34(24-33(31)22-30)35-18-10-17-32(35)21-28(4)36-26(2)12-9-13-27(36)3/h25-27,29-36H,4-24H2,1-3H3. The van der Waals surface area contributed by atoms with Gasteiger partial charge in [-0.3, -0.25) is 0 Å². The van der Waals surface area contributed by atoms with Crippen LogP contribution in [0.1, 0.15) is 149 Å². The Labute approximate surface area is 226 Å². The van der Waals surface area contributed by atoms with E-state index >= 15 is 0 Å². The van der Waals surface area contributed by atoms with Crippen LogP contribution in [0, 0.1) is 65.1 Å². The van der Waals surface area contributed by atoms with Crippen molar-refractivity contribution in [3.8, 4) is 0 Å². The van der Waals surface area contributed by atoms with Crippen LogP contribution in [0.4, 0.5) is 0 Å². The van der Waals surface area contributed by atoms with Crippen molar-refractivity contribution in [1.29, 1.82) is 0 Å². The minimum atomic E-state index is 0.812. The summed E-state index contributed by atoms with van der Waals surface area (Å²) in [6.45, 7) is 12.4. The third kappa shape index (κ3) is 6.47. The molecule has 0 nitrogen and oxygen atoms in total. The molecule has 36 heavy (non-hydrogen) atoms. The Morgan fingerprint density at radius 2 is 1.44 bits per heavy atom. The molecule has 0 saturated heterocycles. The minimum Gasteiger partial charge on any atom is -0.0996 e. The van der Waals surface area contributed by atoms with Crippen molar-refractivity contribution in [2.45, 2.75) is 149 Å². The molecule has 0 aliphatic heterocycles. The maximum atomic E-state index is 4.76. The lowest BCUT2D eigenvalue weighted by Crippen LogP contribution is -2.28. The van der Waals surface area contributed by atoms with Crippen LogP contribution in [0.2, 0.25) is 0 Å². The first-order chi connectivity index (χ1) is 17.5. The number of allylic oxidation sites excluding steroid dienone is 1. The highest BCUT2D eigenvalue weighted by atomic mass is 14.5. The largest absolute Gasteiger partial charge is 0.0996 e. The van der Waals surface area contributed by atoms with Gasteiger partial charge in [-0.05, 0) is 116 Å². The summed E-state index contributed by atoms with van der Waals surface area (Å²) in [5.74, 6) is 10.9. The van der Waals surface area contributed by atoms with Crippen LogP contribution in [-0.2, 0) is 0 Å². The summed E-state index contributed by atoms with van der Waals surface area (Å²) < 4.78 is 0. The number of hydrogen-bond donors (Lipinski definition) is 0. The predicted molar refractivity (Wildman–Crippen MR) is 157 cm³/mol. The van der Waals surface area contributed by atoms with Gasteiger partial charge in [0.05, 0.1) is 0 Å². The van der Waals surface area contributed by atoms with E-state index in [1.54, 1.807) is 44.1 Å². The van der Waals surface area contributed by atoms with Crippen LogP contribution in [0.5, 0.6) is 0 Å². The Hall–Kier alpha value is -0.260. The monoisotopic (exact) mass is 494 g/mol. The highest BCUT2D eigenvalue weighted by Gasteiger charge is 2.45. The maximum Gasteiger partial charge on any atom is -0.0154 e. The molecule has 0 amide bonds. The van der Waals surface area contributed by atoms with Gasteiger partial charge in [-0.2, -0.15) is 0 Å². The summed E-state index contributed by atoms with van der Waals surface area (Å²) in [6.07, 6.45) is 30.3. The van der Waals surface area contributed by atoms with Crippen LogP contribution in [0.25, 0.3) is 0 Å². The molecule has 5 fully saturated rings. The average Bonchev–Trinajstić information content (AvgIpc) is 3.61. The Balaban J connectivity index is 1.07. The van der Waals surface area contributed by atoms with Crippen molar-refractivity contribution < 1.29 is 0 Å². The SMILES string of the molecule is C=C(CC1CCCC1C1CC2CCC(C(C)CCCCC3CCCC3)CC2C1)C1C(C)CCCC1C. The molecular formula is C36H62. The van der Waals surface area contributed by atoms with Crippen LogP contribution in [0.3, 0.4) is 0 Å². The second-order valence-electron chi connectivity index (χ2n) is 15.4. The molecule has 0 heterocycles. The average molecular weight is 495 g/mol. The minimum absolute atomic E-state index is 0.812. The molecule has 0 aromatic carbocycles. The molecule has 0 aromatic rings. The second kappa shape index (κ2) is 12.7. The summed E-state index contributed by atoms with van der Waals surface area (Å²) >= 11 is 0. The lowest BCUT2D eigenvalue weighted by atomic mass is 9.68. The third-order valence-electron chi connectivity index (χ3n) is 13.1. The first-order valence-electron chi connectivity index (χ1n) is 17.2. The summed E-state index contributed by atoms with van der Waals surface area (Å²) in [5.41, 5.74) is 1.66. The van der Waals surface area contributed by atoms with E-state index in [-0.39, 0.29) is 0 Å². The Bertz CT molecular complexity index is 674. The number of unbranched alkanes of at least 4 members (excludes halogenated alkanes) is 1. The van der Waals surface area contributed by atoms with Crippen molar-refractivity contribution in [2.24, 2.45) is 65.1 Å². The highest BCUT2D eigenvalue weighted by Crippen LogP contribution is 2.55. The van der Waals surface area contributed by atoms with E-state index in [4.69, 9.17) is 6.58 Å². The fourth-order valence-corrected chi connectivity index (χ4v) is 11.0. The van der Waals surface area contributed by atoms with Crippen molar-refractivity contribution in [1.82, 2.24) is 0 Å². The number of hydrogen-bond acceptors (Lipinski definition) is 0. The van der Waals surface area contributed by atoms with Crippen molar-refractivity contribution in [3.05, 3.63) is 12.2 Å². The van der Waals surface area contributed by atoms with Crippen LogP contribution in [-0.4, -0.2) is 0 Å². The summed E-state index contributed by atoms with van der Waals surface area (Å²) in [7, 11) is 0. The molecule has 0 aromatic heterocycles.